The first-order valence-corrected chi connectivity index (χ1v) is 9.02. The van der Waals surface area contributed by atoms with E-state index in [-0.39, 0.29) is 18.2 Å². The van der Waals surface area contributed by atoms with E-state index in [1.807, 2.05) is 26.0 Å². The number of amides is 2. The number of hydrogen-bond donors (Lipinski definition) is 2. The number of ether oxygens (including phenoxy) is 1. The summed E-state index contributed by atoms with van der Waals surface area (Å²) in [7, 11) is 0. The summed E-state index contributed by atoms with van der Waals surface area (Å²) in [6, 6.07) is 4.49. The smallest absolute Gasteiger partial charge is 0.315 e. The molecule has 0 radical (unpaired) electrons. The van der Waals surface area contributed by atoms with E-state index in [2.05, 4.69) is 20.5 Å². The lowest BCUT2D eigenvalue weighted by molar-refractivity contribution is 0.179. The standard InChI is InChI=1S/C18H28N4O2/c1-13(2)24-17-7-6-14(11-19-17)12-20-18(23)21-15-8-10-22-9-4-3-5-16(15)22/h6-7,11,13,15-16H,3-5,8-10,12H2,1-2H3,(H2,20,21,23)/t15-,16+/m1/s1. The minimum Gasteiger partial charge on any atom is -0.475 e. The Morgan fingerprint density at radius 3 is 2.96 bits per heavy atom. The number of urea groups is 1. The Bertz CT molecular complexity index is 546. The molecule has 6 heteroatoms. The molecule has 2 fully saturated rings. The number of hydrogen-bond acceptors (Lipinski definition) is 4. The van der Waals surface area contributed by atoms with E-state index < -0.39 is 0 Å². The van der Waals surface area contributed by atoms with Gasteiger partial charge in [0.15, 0.2) is 0 Å². The van der Waals surface area contributed by atoms with Crippen LogP contribution in [-0.2, 0) is 6.54 Å². The molecule has 3 heterocycles. The normalized spacial score (nSPS) is 23.8. The summed E-state index contributed by atoms with van der Waals surface area (Å²) >= 11 is 0. The maximum absolute atomic E-state index is 12.2. The van der Waals surface area contributed by atoms with Gasteiger partial charge in [-0.1, -0.05) is 12.5 Å². The lowest BCUT2D eigenvalue weighted by atomic mass is 9.99. The van der Waals surface area contributed by atoms with E-state index in [1.54, 1.807) is 6.20 Å². The second-order valence-corrected chi connectivity index (χ2v) is 6.99. The molecule has 6 nitrogen and oxygen atoms in total. The molecule has 3 rings (SSSR count). The molecule has 0 saturated carbocycles. The van der Waals surface area contributed by atoms with E-state index >= 15 is 0 Å². The topological polar surface area (TPSA) is 66.5 Å². The van der Waals surface area contributed by atoms with Gasteiger partial charge in [-0.15, -0.1) is 0 Å². The molecule has 132 valence electrons. The van der Waals surface area contributed by atoms with Crippen LogP contribution in [0, 0.1) is 0 Å². The minimum atomic E-state index is -0.0880. The molecule has 2 amide bonds. The summed E-state index contributed by atoms with van der Waals surface area (Å²) in [4.78, 5) is 18.9. The van der Waals surface area contributed by atoms with Gasteiger partial charge in [0.1, 0.15) is 0 Å². The number of nitrogens with one attached hydrogen (secondary N) is 2. The molecule has 0 aliphatic carbocycles. The summed E-state index contributed by atoms with van der Waals surface area (Å²) < 4.78 is 5.52. The summed E-state index contributed by atoms with van der Waals surface area (Å²) in [5.74, 6) is 0.613. The van der Waals surface area contributed by atoms with Crippen LogP contribution in [0.4, 0.5) is 4.79 Å². The zero-order valence-electron chi connectivity index (χ0n) is 14.6. The Morgan fingerprint density at radius 2 is 2.21 bits per heavy atom. The average Bonchev–Trinajstić information content (AvgIpc) is 2.97. The average molecular weight is 332 g/mol. The van der Waals surface area contributed by atoms with Crippen molar-refractivity contribution in [2.24, 2.45) is 0 Å². The van der Waals surface area contributed by atoms with Crippen molar-refractivity contribution in [3.8, 4) is 5.88 Å². The van der Waals surface area contributed by atoms with Crippen molar-refractivity contribution in [1.29, 1.82) is 0 Å². The maximum atomic E-state index is 12.2. The van der Waals surface area contributed by atoms with Gasteiger partial charge in [0.05, 0.1) is 6.10 Å². The van der Waals surface area contributed by atoms with Crippen molar-refractivity contribution >= 4 is 6.03 Å². The Morgan fingerprint density at radius 1 is 1.33 bits per heavy atom. The van der Waals surface area contributed by atoms with Crippen LogP contribution < -0.4 is 15.4 Å². The first kappa shape index (κ1) is 17.0. The van der Waals surface area contributed by atoms with Crippen molar-refractivity contribution in [3.05, 3.63) is 23.9 Å². The van der Waals surface area contributed by atoms with Crippen LogP contribution in [0.5, 0.6) is 5.88 Å². The lowest BCUT2D eigenvalue weighted by Gasteiger charge is -2.32. The molecule has 2 saturated heterocycles. The summed E-state index contributed by atoms with van der Waals surface area (Å²) in [5.41, 5.74) is 0.965. The number of carbonyl (C=O) groups excluding carboxylic acids is 1. The van der Waals surface area contributed by atoms with Crippen LogP contribution in [0.25, 0.3) is 0 Å². The number of aromatic nitrogens is 1. The van der Waals surface area contributed by atoms with Crippen LogP contribution in [0.3, 0.4) is 0 Å². The Hall–Kier alpha value is -1.82. The van der Waals surface area contributed by atoms with E-state index in [0.717, 1.165) is 18.5 Å². The molecule has 0 bridgehead atoms. The van der Waals surface area contributed by atoms with Gasteiger partial charge in [-0.3, -0.25) is 4.90 Å². The highest BCUT2D eigenvalue weighted by atomic mass is 16.5. The highest BCUT2D eigenvalue weighted by Gasteiger charge is 2.36. The third-order valence-electron chi connectivity index (χ3n) is 4.78. The van der Waals surface area contributed by atoms with Crippen LogP contribution in [-0.4, -0.2) is 47.2 Å². The van der Waals surface area contributed by atoms with Gasteiger partial charge in [0.25, 0.3) is 0 Å². The van der Waals surface area contributed by atoms with Gasteiger partial charge in [-0.05, 0) is 45.2 Å². The molecule has 2 aliphatic heterocycles. The molecule has 0 unspecified atom stereocenters. The predicted octanol–water partition coefficient (Wildman–Crippen LogP) is 2.29. The van der Waals surface area contributed by atoms with Crippen molar-refractivity contribution in [2.75, 3.05) is 13.1 Å². The third-order valence-corrected chi connectivity index (χ3v) is 4.78. The number of carbonyl (C=O) groups is 1. The molecule has 1 aromatic rings. The molecule has 1 aromatic heterocycles. The van der Waals surface area contributed by atoms with E-state index in [1.165, 1.54) is 25.8 Å². The van der Waals surface area contributed by atoms with Gasteiger partial charge in [0.2, 0.25) is 5.88 Å². The number of fused-ring (bicyclic) bond motifs is 1. The van der Waals surface area contributed by atoms with Gasteiger partial charge in [-0.25, -0.2) is 9.78 Å². The van der Waals surface area contributed by atoms with Crippen molar-refractivity contribution < 1.29 is 9.53 Å². The van der Waals surface area contributed by atoms with Crippen molar-refractivity contribution in [3.63, 3.8) is 0 Å². The first-order valence-electron chi connectivity index (χ1n) is 9.02. The molecule has 2 aliphatic rings. The van der Waals surface area contributed by atoms with E-state index in [0.29, 0.717) is 18.5 Å². The second-order valence-electron chi connectivity index (χ2n) is 6.99. The molecular formula is C18H28N4O2. The number of pyridine rings is 1. The maximum Gasteiger partial charge on any atom is 0.315 e. The quantitative estimate of drug-likeness (QED) is 0.868. The molecule has 2 N–H and O–H groups in total. The number of piperidine rings is 1. The highest BCUT2D eigenvalue weighted by Crippen LogP contribution is 2.27. The van der Waals surface area contributed by atoms with Crippen molar-refractivity contribution in [1.82, 2.24) is 20.5 Å². The van der Waals surface area contributed by atoms with Crippen LogP contribution >= 0.6 is 0 Å². The largest absolute Gasteiger partial charge is 0.475 e. The van der Waals surface area contributed by atoms with Crippen LogP contribution in [0.2, 0.25) is 0 Å². The van der Waals surface area contributed by atoms with Gasteiger partial charge in [-0.2, -0.15) is 0 Å². The SMILES string of the molecule is CC(C)Oc1ccc(CNC(=O)N[C@@H]2CCN3CCCC[C@@H]23)cn1. The van der Waals surface area contributed by atoms with Crippen molar-refractivity contribution in [2.45, 2.75) is 64.3 Å². The summed E-state index contributed by atoms with van der Waals surface area (Å²) in [6.45, 7) is 6.70. The summed E-state index contributed by atoms with van der Waals surface area (Å²) in [5, 5.41) is 6.08. The molecule has 2 atom stereocenters. The Labute approximate surface area is 144 Å². The van der Waals surface area contributed by atoms with Gasteiger partial charge < -0.3 is 15.4 Å². The van der Waals surface area contributed by atoms with E-state index in [9.17, 15) is 4.79 Å². The number of rotatable bonds is 5. The molecule has 0 spiro atoms. The number of nitrogens with zero attached hydrogens (tertiary/aromatic N) is 2. The fourth-order valence-electron chi connectivity index (χ4n) is 3.64. The lowest BCUT2D eigenvalue weighted by Crippen LogP contribution is -2.49. The highest BCUT2D eigenvalue weighted by molar-refractivity contribution is 5.74. The van der Waals surface area contributed by atoms with Crippen LogP contribution in [0.1, 0.15) is 45.1 Å². The Balaban J connectivity index is 1.44. The van der Waals surface area contributed by atoms with Crippen LogP contribution in [0.15, 0.2) is 18.3 Å². The fraction of sp³-hybridized carbons (Fsp3) is 0.667. The zero-order valence-corrected chi connectivity index (χ0v) is 14.6. The molecular weight excluding hydrogens is 304 g/mol. The molecule has 0 aromatic carbocycles. The Kier molecular flexibility index (Phi) is 5.56. The molecule has 24 heavy (non-hydrogen) atoms. The third kappa shape index (κ3) is 4.38. The second kappa shape index (κ2) is 7.83. The fourth-order valence-corrected chi connectivity index (χ4v) is 3.64. The van der Waals surface area contributed by atoms with Gasteiger partial charge >= 0.3 is 6.03 Å². The minimum absolute atomic E-state index is 0.0880. The summed E-state index contributed by atoms with van der Waals surface area (Å²) in [6.07, 6.45) is 6.68. The first-order chi connectivity index (χ1) is 11.6. The zero-order chi connectivity index (χ0) is 16.9. The van der Waals surface area contributed by atoms with E-state index in [4.69, 9.17) is 4.74 Å². The van der Waals surface area contributed by atoms with Gasteiger partial charge in [0, 0.05) is 37.4 Å². The monoisotopic (exact) mass is 332 g/mol. The predicted molar refractivity (Wildman–Crippen MR) is 93.0 cm³/mol.